The second kappa shape index (κ2) is 3.76. The van der Waals surface area contributed by atoms with Gasteiger partial charge in [-0.2, -0.15) is 0 Å². The van der Waals surface area contributed by atoms with Crippen molar-refractivity contribution in [3.05, 3.63) is 12.2 Å². The van der Waals surface area contributed by atoms with Crippen LogP contribution in [-0.4, -0.2) is 27.5 Å². The molecule has 1 saturated heterocycles. The highest BCUT2D eigenvalue weighted by atomic mass is 35.5. The SMILES string of the molecule is ClCc1nncn1C1CCOC1C1CC1. The summed E-state index contributed by atoms with van der Waals surface area (Å²) in [5, 5.41) is 7.94. The highest BCUT2D eigenvalue weighted by molar-refractivity contribution is 6.16. The van der Waals surface area contributed by atoms with Crippen molar-refractivity contribution < 1.29 is 4.74 Å². The average molecular weight is 228 g/mol. The summed E-state index contributed by atoms with van der Waals surface area (Å²) >= 11 is 5.83. The van der Waals surface area contributed by atoms with E-state index in [-0.39, 0.29) is 0 Å². The molecule has 1 saturated carbocycles. The molecule has 2 atom stereocenters. The van der Waals surface area contributed by atoms with Crippen molar-refractivity contribution in [1.29, 1.82) is 0 Å². The van der Waals surface area contributed by atoms with E-state index in [9.17, 15) is 0 Å². The minimum Gasteiger partial charge on any atom is -0.376 e. The molecule has 0 amide bonds. The molecule has 3 rings (SSSR count). The van der Waals surface area contributed by atoms with Crippen molar-refractivity contribution in [1.82, 2.24) is 14.8 Å². The fraction of sp³-hybridized carbons (Fsp3) is 0.800. The van der Waals surface area contributed by atoms with Crippen LogP contribution in [0.2, 0.25) is 0 Å². The van der Waals surface area contributed by atoms with E-state index >= 15 is 0 Å². The van der Waals surface area contributed by atoms with Gasteiger partial charge in [0.2, 0.25) is 0 Å². The zero-order chi connectivity index (χ0) is 10.3. The van der Waals surface area contributed by atoms with Crippen molar-refractivity contribution in [2.75, 3.05) is 6.61 Å². The third kappa shape index (κ3) is 1.66. The molecule has 1 aliphatic heterocycles. The minimum atomic E-state index is 0.364. The van der Waals surface area contributed by atoms with Crippen LogP contribution in [0.15, 0.2) is 6.33 Å². The van der Waals surface area contributed by atoms with Gasteiger partial charge in [0, 0.05) is 6.61 Å². The zero-order valence-corrected chi connectivity index (χ0v) is 9.23. The maximum absolute atomic E-state index is 5.83. The molecule has 82 valence electrons. The Balaban J connectivity index is 1.85. The first-order chi connectivity index (χ1) is 7.40. The fourth-order valence-electron chi connectivity index (χ4n) is 2.41. The summed E-state index contributed by atoms with van der Waals surface area (Å²) in [7, 11) is 0. The van der Waals surface area contributed by atoms with Gasteiger partial charge in [0.25, 0.3) is 0 Å². The Hall–Kier alpha value is -0.610. The van der Waals surface area contributed by atoms with Gasteiger partial charge in [0.1, 0.15) is 12.2 Å². The molecule has 4 nitrogen and oxygen atoms in total. The lowest BCUT2D eigenvalue weighted by Crippen LogP contribution is -2.23. The molecule has 0 N–H and O–H groups in total. The van der Waals surface area contributed by atoms with Crippen molar-refractivity contribution in [2.24, 2.45) is 5.92 Å². The van der Waals surface area contributed by atoms with Crippen LogP contribution in [0.25, 0.3) is 0 Å². The highest BCUT2D eigenvalue weighted by Gasteiger charge is 2.41. The number of rotatable bonds is 3. The van der Waals surface area contributed by atoms with E-state index in [1.165, 1.54) is 12.8 Å². The number of halogens is 1. The molecular weight excluding hydrogens is 214 g/mol. The summed E-state index contributed by atoms with van der Waals surface area (Å²) in [6.45, 7) is 0.853. The summed E-state index contributed by atoms with van der Waals surface area (Å²) in [6.07, 6.45) is 5.82. The molecule has 2 aliphatic rings. The lowest BCUT2D eigenvalue weighted by atomic mass is 10.1. The Bertz CT molecular complexity index is 350. The van der Waals surface area contributed by atoms with Crippen LogP contribution in [0.3, 0.4) is 0 Å². The first-order valence-electron chi connectivity index (χ1n) is 5.46. The third-order valence-electron chi connectivity index (χ3n) is 3.31. The topological polar surface area (TPSA) is 39.9 Å². The Kier molecular flexibility index (Phi) is 2.41. The first-order valence-corrected chi connectivity index (χ1v) is 5.99. The number of nitrogens with zero attached hydrogens (tertiary/aromatic N) is 3. The van der Waals surface area contributed by atoms with Crippen LogP contribution in [0.1, 0.15) is 31.1 Å². The molecule has 2 unspecified atom stereocenters. The van der Waals surface area contributed by atoms with E-state index in [0.717, 1.165) is 24.8 Å². The smallest absolute Gasteiger partial charge is 0.148 e. The van der Waals surface area contributed by atoms with Gasteiger partial charge in [-0.05, 0) is 25.2 Å². The summed E-state index contributed by atoms with van der Waals surface area (Å²) in [5.74, 6) is 2.04. The molecular formula is C10H14ClN3O. The van der Waals surface area contributed by atoms with Gasteiger partial charge in [-0.3, -0.25) is 0 Å². The lowest BCUT2D eigenvalue weighted by molar-refractivity contribution is 0.0746. The van der Waals surface area contributed by atoms with Crippen LogP contribution in [0.4, 0.5) is 0 Å². The Morgan fingerprint density at radius 3 is 3.07 bits per heavy atom. The van der Waals surface area contributed by atoms with Crippen LogP contribution >= 0.6 is 11.6 Å². The van der Waals surface area contributed by atoms with Crippen molar-refractivity contribution in [2.45, 2.75) is 37.3 Å². The number of alkyl halides is 1. The quantitative estimate of drug-likeness (QED) is 0.739. The van der Waals surface area contributed by atoms with E-state index in [2.05, 4.69) is 14.8 Å². The van der Waals surface area contributed by atoms with E-state index in [4.69, 9.17) is 16.3 Å². The normalized spacial score (nSPS) is 31.0. The van der Waals surface area contributed by atoms with Gasteiger partial charge >= 0.3 is 0 Å². The van der Waals surface area contributed by atoms with Gasteiger partial charge in [0.15, 0.2) is 0 Å². The molecule has 1 aromatic rings. The van der Waals surface area contributed by atoms with Gasteiger partial charge in [-0.15, -0.1) is 21.8 Å². The zero-order valence-electron chi connectivity index (χ0n) is 8.47. The van der Waals surface area contributed by atoms with Crippen LogP contribution in [-0.2, 0) is 10.6 Å². The maximum atomic E-state index is 5.83. The first kappa shape index (κ1) is 9.60. The maximum Gasteiger partial charge on any atom is 0.148 e. The van der Waals surface area contributed by atoms with E-state index in [0.29, 0.717) is 18.0 Å². The number of hydrogen-bond donors (Lipinski definition) is 0. The van der Waals surface area contributed by atoms with E-state index in [1.54, 1.807) is 6.33 Å². The monoisotopic (exact) mass is 227 g/mol. The molecule has 0 radical (unpaired) electrons. The molecule has 1 aliphatic carbocycles. The fourth-order valence-corrected chi connectivity index (χ4v) is 2.60. The summed E-state index contributed by atoms with van der Waals surface area (Å²) < 4.78 is 7.89. The van der Waals surface area contributed by atoms with Gasteiger partial charge in [0.05, 0.1) is 18.0 Å². The molecule has 5 heteroatoms. The number of hydrogen-bond acceptors (Lipinski definition) is 3. The van der Waals surface area contributed by atoms with Crippen LogP contribution in [0, 0.1) is 5.92 Å². The molecule has 1 aromatic heterocycles. The molecule has 15 heavy (non-hydrogen) atoms. The van der Waals surface area contributed by atoms with Crippen LogP contribution < -0.4 is 0 Å². The van der Waals surface area contributed by atoms with Gasteiger partial charge in [-0.25, -0.2) is 0 Å². The summed E-state index contributed by atoms with van der Waals surface area (Å²) in [6, 6.07) is 0.404. The predicted octanol–water partition coefficient (Wildman–Crippen LogP) is 1.76. The molecule has 2 heterocycles. The van der Waals surface area contributed by atoms with Crippen molar-refractivity contribution >= 4 is 11.6 Å². The molecule has 0 aromatic carbocycles. The highest BCUT2D eigenvalue weighted by Crippen LogP contribution is 2.43. The average Bonchev–Trinajstić information content (AvgIpc) is 2.83. The standard InChI is InChI=1S/C10H14ClN3O/c11-5-9-13-12-6-14(9)8-3-4-15-10(8)7-1-2-7/h6-8,10H,1-5H2. The Labute approximate surface area is 93.6 Å². The summed E-state index contributed by atoms with van der Waals surface area (Å²) in [4.78, 5) is 0. The summed E-state index contributed by atoms with van der Waals surface area (Å²) in [5.41, 5.74) is 0. The lowest BCUT2D eigenvalue weighted by Gasteiger charge is -2.20. The minimum absolute atomic E-state index is 0.364. The number of ether oxygens (including phenoxy) is 1. The molecule has 2 fully saturated rings. The van der Waals surface area contributed by atoms with Crippen molar-refractivity contribution in [3.8, 4) is 0 Å². The van der Waals surface area contributed by atoms with E-state index < -0.39 is 0 Å². The van der Waals surface area contributed by atoms with Crippen LogP contribution in [0.5, 0.6) is 0 Å². The van der Waals surface area contributed by atoms with Gasteiger partial charge < -0.3 is 9.30 Å². The Morgan fingerprint density at radius 1 is 1.47 bits per heavy atom. The number of aromatic nitrogens is 3. The predicted molar refractivity (Wildman–Crippen MR) is 55.7 cm³/mol. The van der Waals surface area contributed by atoms with E-state index in [1.807, 2.05) is 0 Å². The third-order valence-corrected chi connectivity index (χ3v) is 3.55. The second-order valence-corrected chi connectivity index (χ2v) is 4.58. The largest absolute Gasteiger partial charge is 0.376 e. The van der Waals surface area contributed by atoms with Crippen molar-refractivity contribution in [3.63, 3.8) is 0 Å². The molecule has 0 spiro atoms. The Morgan fingerprint density at radius 2 is 2.33 bits per heavy atom. The van der Waals surface area contributed by atoms with Gasteiger partial charge in [-0.1, -0.05) is 0 Å². The molecule has 0 bridgehead atoms. The second-order valence-electron chi connectivity index (χ2n) is 4.32.